The number of thiazole rings is 1. The molecule has 0 spiro atoms. The maximum atomic E-state index is 12.1. The summed E-state index contributed by atoms with van der Waals surface area (Å²) in [6.07, 6.45) is 5.11. The largest absolute Gasteiger partial charge is 0.375 e. The fourth-order valence-corrected chi connectivity index (χ4v) is 3.28. The first-order valence-corrected chi connectivity index (χ1v) is 7.75. The molecule has 0 aromatic carbocycles. The van der Waals surface area contributed by atoms with E-state index in [0.717, 1.165) is 52.0 Å². The van der Waals surface area contributed by atoms with Crippen LogP contribution in [-0.2, 0) is 11.3 Å². The molecule has 1 aromatic rings. The molecule has 2 heterocycles. The molecule has 112 valence electrons. The van der Waals surface area contributed by atoms with Gasteiger partial charge in [0.1, 0.15) is 0 Å². The smallest absolute Gasteiger partial charge is 0.225 e. The van der Waals surface area contributed by atoms with Crippen LogP contribution in [0.5, 0.6) is 0 Å². The van der Waals surface area contributed by atoms with E-state index in [1.165, 1.54) is 4.88 Å². The Kier molecular flexibility index (Phi) is 5.23. The maximum Gasteiger partial charge on any atom is 0.225 e. The van der Waals surface area contributed by atoms with Crippen molar-refractivity contribution in [2.75, 3.05) is 31.9 Å². The van der Waals surface area contributed by atoms with Crippen LogP contribution in [-0.4, -0.2) is 46.9 Å². The number of carbonyl (C=O) groups excluding carboxylic acids is 1. The molecule has 0 radical (unpaired) electrons. The summed E-state index contributed by atoms with van der Waals surface area (Å²) in [5.74, 6) is 0.719. The molecule has 20 heavy (non-hydrogen) atoms. The highest BCUT2D eigenvalue weighted by Gasteiger charge is 2.33. The lowest BCUT2D eigenvalue weighted by Crippen LogP contribution is -2.35. The molecule has 0 unspecified atom stereocenters. The van der Waals surface area contributed by atoms with Crippen LogP contribution in [0.4, 0.5) is 5.13 Å². The maximum absolute atomic E-state index is 12.1. The van der Waals surface area contributed by atoms with Gasteiger partial charge in [0.2, 0.25) is 5.91 Å². The van der Waals surface area contributed by atoms with Gasteiger partial charge in [0, 0.05) is 49.7 Å². The van der Waals surface area contributed by atoms with Crippen molar-refractivity contribution in [2.45, 2.75) is 25.8 Å². The van der Waals surface area contributed by atoms with Gasteiger partial charge in [-0.1, -0.05) is 0 Å². The van der Waals surface area contributed by atoms with Crippen molar-refractivity contribution in [3.05, 3.63) is 11.1 Å². The van der Waals surface area contributed by atoms with E-state index in [2.05, 4.69) is 14.8 Å². The molecule has 3 rings (SSSR count). The normalized spacial score (nSPS) is 20.3. The molecule has 1 saturated carbocycles. The zero-order valence-corrected chi connectivity index (χ0v) is 13.1. The second-order valence-electron chi connectivity index (χ2n) is 5.39. The van der Waals surface area contributed by atoms with E-state index in [1.54, 1.807) is 11.3 Å². The van der Waals surface area contributed by atoms with E-state index < -0.39 is 0 Å². The number of nitrogens with zero attached hydrogens (tertiary/aromatic N) is 3. The van der Waals surface area contributed by atoms with Gasteiger partial charge in [0.05, 0.1) is 0 Å². The fourth-order valence-electron chi connectivity index (χ4n) is 2.55. The summed E-state index contributed by atoms with van der Waals surface area (Å²) in [7, 11) is 0. The molecule has 0 atom stereocenters. The third-order valence-corrected chi connectivity index (χ3v) is 4.59. The Balaban J connectivity index is 0.00000147. The van der Waals surface area contributed by atoms with Crippen LogP contribution in [0.2, 0.25) is 0 Å². The minimum atomic E-state index is 0. The summed E-state index contributed by atoms with van der Waals surface area (Å²) < 4.78 is 0. The highest BCUT2D eigenvalue weighted by Crippen LogP contribution is 2.31. The Hall–Kier alpha value is -0.850. The third kappa shape index (κ3) is 3.84. The molecular formula is C13H21ClN4OS. The Morgan fingerprint density at radius 2 is 2.15 bits per heavy atom. The standard InChI is InChI=1S/C13H20N4OS.ClH/c14-13-15-8-11(19-13)9-16-4-1-5-17(7-6-16)12(18)10-2-3-10;/h8,10H,1-7,9H2,(H2,14,15);1H. The van der Waals surface area contributed by atoms with Crippen molar-refractivity contribution in [1.82, 2.24) is 14.8 Å². The van der Waals surface area contributed by atoms with Crippen LogP contribution >= 0.6 is 23.7 Å². The molecular weight excluding hydrogens is 296 g/mol. The first-order chi connectivity index (χ1) is 9.22. The number of carbonyl (C=O) groups is 1. The predicted molar refractivity (Wildman–Crippen MR) is 83.0 cm³/mol. The number of hydrogen-bond donors (Lipinski definition) is 1. The monoisotopic (exact) mass is 316 g/mol. The van der Waals surface area contributed by atoms with Gasteiger partial charge in [-0.25, -0.2) is 4.98 Å². The van der Waals surface area contributed by atoms with E-state index in [-0.39, 0.29) is 12.4 Å². The van der Waals surface area contributed by atoms with Crippen LogP contribution in [0.3, 0.4) is 0 Å². The Labute approximate surface area is 129 Å². The van der Waals surface area contributed by atoms with Gasteiger partial charge in [-0.15, -0.1) is 23.7 Å². The van der Waals surface area contributed by atoms with Crippen molar-refractivity contribution in [2.24, 2.45) is 5.92 Å². The van der Waals surface area contributed by atoms with E-state index in [0.29, 0.717) is 17.0 Å². The van der Waals surface area contributed by atoms with Crippen LogP contribution in [0.1, 0.15) is 24.1 Å². The van der Waals surface area contributed by atoms with Crippen LogP contribution in [0.15, 0.2) is 6.20 Å². The van der Waals surface area contributed by atoms with Crippen molar-refractivity contribution >= 4 is 34.8 Å². The summed E-state index contributed by atoms with van der Waals surface area (Å²) in [6, 6.07) is 0. The quantitative estimate of drug-likeness (QED) is 0.920. The van der Waals surface area contributed by atoms with Crippen LogP contribution in [0, 0.1) is 5.92 Å². The number of nitrogen functional groups attached to an aromatic ring is 1. The van der Waals surface area contributed by atoms with Crippen LogP contribution < -0.4 is 5.73 Å². The Morgan fingerprint density at radius 1 is 1.35 bits per heavy atom. The van der Waals surface area contributed by atoms with E-state index in [1.807, 2.05) is 6.20 Å². The van der Waals surface area contributed by atoms with Crippen molar-refractivity contribution in [1.29, 1.82) is 0 Å². The molecule has 1 aliphatic carbocycles. The van der Waals surface area contributed by atoms with Gasteiger partial charge in [-0.05, 0) is 19.3 Å². The zero-order valence-electron chi connectivity index (χ0n) is 11.5. The van der Waals surface area contributed by atoms with Gasteiger partial charge in [-0.3, -0.25) is 9.69 Å². The van der Waals surface area contributed by atoms with Crippen molar-refractivity contribution in [3.8, 4) is 0 Å². The number of amides is 1. The van der Waals surface area contributed by atoms with E-state index >= 15 is 0 Å². The average Bonchev–Trinajstić information content (AvgIpc) is 3.18. The highest BCUT2D eigenvalue weighted by atomic mass is 35.5. The molecule has 7 heteroatoms. The number of rotatable bonds is 3. The lowest BCUT2D eigenvalue weighted by molar-refractivity contribution is -0.132. The number of nitrogens with two attached hydrogens (primary N) is 1. The lowest BCUT2D eigenvalue weighted by Gasteiger charge is -2.21. The molecule has 5 nitrogen and oxygen atoms in total. The SMILES string of the molecule is Cl.Nc1ncc(CN2CCCN(C(=O)C3CC3)CC2)s1. The topological polar surface area (TPSA) is 62.5 Å². The summed E-state index contributed by atoms with van der Waals surface area (Å²) in [4.78, 5) is 21.8. The second kappa shape index (κ2) is 6.74. The molecule has 0 bridgehead atoms. The zero-order chi connectivity index (χ0) is 13.2. The van der Waals surface area contributed by atoms with E-state index in [9.17, 15) is 4.79 Å². The predicted octanol–water partition coefficient (Wildman–Crippen LogP) is 1.59. The first kappa shape index (κ1) is 15.5. The van der Waals surface area contributed by atoms with Crippen molar-refractivity contribution in [3.63, 3.8) is 0 Å². The number of aromatic nitrogens is 1. The molecule has 2 fully saturated rings. The van der Waals surface area contributed by atoms with Gasteiger partial charge in [-0.2, -0.15) is 0 Å². The molecule has 1 aromatic heterocycles. The second-order valence-corrected chi connectivity index (χ2v) is 6.54. The molecule has 1 amide bonds. The Bertz CT molecular complexity index is 463. The minimum Gasteiger partial charge on any atom is -0.375 e. The Morgan fingerprint density at radius 3 is 2.80 bits per heavy atom. The summed E-state index contributed by atoms with van der Waals surface area (Å²) in [6.45, 7) is 4.68. The number of hydrogen-bond acceptors (Lipinski definition) is 5. The first-order valence-electron chi connectivity index (χ1n) is 6.93. The third-order valence-electron chi connectivity index (χ3n) is 3.78. The molecule has 2 N–H and O–H groups in total. The van der Waals surface area contributed by atoms with Crippen LogP contribution in [0.25, 0.3) is 0 Å². The number of anilines is 1. The number of halogens is 1. The molecule has 1 aliphatic heterocycles. The van der Waals surface area contributed by atoms with Crippen molar-refractivity contribution < 1.29 is 4.79 Å². The summed E-state index contributed by atoms with van der Waals surface area (Å²) in [5.41, 5.74) is 5.65. The lowest BCUT2D eigenvalue weighted by atomic mass is 10.3. The summed E-state index contributed by atoms with van der Waals surface area (Å²) >= 11 is 1.55. The minimum absolute atomic E-state index is 0. The van der Waals surface area contributed by atoms with Gasteiger partial charge < -0.3 is 10.6 Å². The van der Waals surface area contributed by atoms with E-state index in [4.69, 9.17) is 5.73 Å². The highest BCUT2D eigenvalue weighted by molar-refractivity contribution is 7.15. The van der Waals surface area contributed by atoms with Gasteiger partial charge in [0.15, 0.2) is 5.13 Å². The van der Waals surface area contributed by atoms with Gasteiger partial charge >= 0.3 is 0 Å². The molecule has 2 aliphatic rings. The fraction of sp³-hybridized carbons (Fsp3) is 0.692. The average molecular weight is 317 g/mol. The summed E-state index contributed by atoms with van der Waals surface area (Å²) in [5, 5.41) is 0.635. The molecule has 1 saturated heterocycles. The van der Waals surface area contributed by atoms with Gasteiger partial charge in [0.25, 0.3) is 0 Å².